The highest BCUT2D eigenvalue weighted by Crippen LogP contribution is 2.35. The number of nitrogens with zero attached hydrogens (tertiary/aromatic N) is 5. The Bertz CT molecular complexity index is 1060. The number of anilines is 1. The number of aromatic nitrogens is 3. The number of amides is 1. The predicted molar refractivity (Wildman–Crippen MR) is 126 cm³/mol. The lowest BCUT2D eigenvalue weighted by Crippen LogP contribution is -2.49. The number of furan rings is 1. The third-order valence-electron chi connectivity index (χ3n) is 6.49. The van der Waals surface area contributed by atoms with Crippen LogP contribution in [0.2, 0.25) is 0 Å². The van der Waals surface area contributed by atoms with Crippen molar-refractivity contribution in [3.63, 3.8) is 0 Å². The van der Waals surface area contributed by atoms with E-state index in [1.54, 1.807) is 18.4 Å². The maximum Gasteiger partial charge on any atom is 0.233 e. The summed E-state index contributed by atoms with van der Waals surface area (Å²) >= 11 is 1.46. The van der Waals surface area contributed by atoms with Crippen molar-refractivity contribution in [3.05, 3.63) is 48.5 Å². The summed E-state index contributed by atoms with van der Waals surface area (Å²) in [7, 11) is 0. The quantitative estimate of drug-likeness (QED) is 0.491. The normalized spacial score (nSPS) is 17.5. The number of hydrogen-bond acceptors (Lipinski definition) is 6. The molecule has 1 aliphatic carbocycles. The van der Waals surface area contributed by atoms with Crippen molar-refractivity contribution in [2.45, 2.75) is 43.3 Å². The van der Waals surface area contributed by atoms with Crippen LogP contribution in [-0.4, -0.2) is 57.5 Å². The molecule has 0 radical (unpaired) electrons. The third kappa shape index (κ3) is 4.93. The maximum atomic E-state index is 13.2. The van der Waals surface area contributed by atoms with Gasteiger partial charge in [0.05, 0.1) is 12.0 Å². The first-order valence-corrected chi connectivity index (χ1v) is 12.6. The number of rotatable bonds is 6. The van der Waals surface area contributed by atoms with E-state index in [4.69, 9.17) is 4.42 Å². The van der Waals surface area contributed by atoms with Gasteiger partial charge in [0.2, 0.25) is 11.7 Å². The van der Waals surface area contributed by atoms with Gasteiger partial charge in [-0.1, -0.05) is 31.0 Å². The van der Waals surface area contributed by atoms with Gasteiger partial charge < -0.3 is 14.2 Å². The van der Waals surface area contributed by atoms with Crippen LogP contribution in [0, 0.1) is 5.82 Å². The van der Waals surface area contributed by atoms with Gasteiger partial charge in [0.1, 0.15) is 5.82 Å². The second kappa shape index (κ2) is 9.99. The summed E-state index contributed by atoms with van der Waals surface area (Å²) in [5.74, 6) is 1.66. The van der Waals surface area contributed by atoms with Crippen molar-refractivity contribution in [3.8, 4) is 11.6 Å². The highest BCUT2D eigenvalue weighted by molar-refractivity contribution is 7.99. The molecule has 1 amide bonds. The topological polar surface area (TPSA) is 67.4 Å². The molecule has 1 aliphatic heterocycles. The number of carbonyl (C=O) groups excluding carboxylic acids is 1. The molecule has 1 saturated heterocycles. The molecule has 3 heterocycles. The number of thioether (sulfide) groups is 1. The van der Waals surface area contributed by atoms with Gasteiger partial charge in [-0.3, -0.25) is 9.36 Å². The smallest absolute Gasteiger partial charge is 0.233 e. The Morgan fingerprint density at radius 1 is 1.03 bits per heavy atom. The van der Waals surface area contributed by atoms with Crippen molar-refractivity contribution in [2.24, 2.45) is 0 Å². The van der Waals surface area contributed by atoms with Gasteiger partial charge in [-0.05, 0) is 49.2 Å². The zero-order valence-electron chi connectivity index (χ0n) is 18.5. The lowest BCUT2D eigenvalue weighted by Gasteiger charge is -2.36. The Labute approximate surface area is 197 Å². The highest BCUT2D eigenvalue weighted by atomic mass is 32.2. The summed E-state index contributed by atoms with van der Waals surface area (Å²) in [6.07, 6.45) is 7.50. The first kappa shape index (κ1) is 22.0. The molecule has 174 valence electrons. The van der Waals surface area contributed by atoms with Crippen molar-refractivity contribution in [1.29, 1.82) is 0 Å². The number of carbonyl (C=O) groups is 1. The summed E-state index contributed by atoms with van der Waals surface area (Å²) < 4.78 is 21.0. The molecule has 0 spiro atoms. The first-order valence-electron chi connectivity index (χ1n) is 11.6. The Kier molecular flexibility index (Phi) is 6.66. The van der Waals surface area contributed by atoms with Crippen LogP contribution in [0.1, 0.15) is 38.1 Å². The van der Waals surface area contributed by atoms with Crippen molar-refractivity contribution in [2.75, 3.05) is 36.8 Å². The lowest BCUT2D eigenvalue weighted by atomic mass is 9.95. The molecule has 7 nitrogen and oxygen atoms in total. The molecule has 0 unspecified atom stereocenters. The fourth-order valence-electron chi connectivity index (χ4n) is 4.70. The number of piperazine rings is 1. The predicted octanol–water partition coefficient (Wildman–Crippen LogP) is 4.62. The van der Waals surface area contributed by atoms with E-state index >= 15 is 0 Å². The van der Waals surface area contributed by atoms with E-state index in [-0.39, 0.29) is 11.7 Å². The number of halogens is 1. The van der Waals surface area contributed by atoms with Gasteiger partial charge in [-0.25, -0.2) is 4.39 Å². The molecule has 9 heteroatoms. The largest absolute Gasteiger partial charge is 0.461 e. The Morgan fingerprint density at radius 3 is 2.48 bits per heavy atom. The summed E-state index contributed by atoms with van der Waals surface area (Å²) in [6.45, 7) is 2.79. The van der Waals surface area contributed by atoms with Crippen LogP contribution in [-0.2, 0) is 4.79 Å². The fourth-order valence-corrected chi connectivity index (χ4v) is 5.61. The first-order chi connectivity index (χ1) is 16.2. The molecule has 0 atom stereocenters. The molecule has 2 fully saturated rings. The minimum atomic E-state index is -0.235. The van der Waals surface area contributed by atoms with Crippen LogP contribution in [0.3, 0.4) is 0 Å². The molecule has 0 bridgehead atoms. The summed E-state index contributed by atoms with van der Waals surface area (Å²) in [6, 6.07) is 10.6. The van der Waals surface area contributed by atoms with Crippen molar-refractivity contribution in [1.82, 2.24) is 19.7 Å². The maximum absolute atomic E-state index is 13.2. The van der Waals surface area contributed by atoms with Crippen molar-refractivity contribution < 1.29 is 13.6 Å². The third-order valence-corrected chi connectivity index (χ3v) is 7.42. The molecular formula is C24H28FN5O2S. The summed E-state index contributed by atoms with van der Waals surface area (Å²) in [4.78, 5) is 17.0. The zero-order valence-corrected chi connectivity index (χ0v) is 19.3. The molecule has 33 heavy (non-hydrogen) atoms. The second-order valence-electron chi connectivity index (χ2n) is 8.58. The highest BCUT2D eigenvalue weighted by Gasteiger charge is 2.27. The second-order valence-corrected chi connectivity index (χ2v) is 9.52. The Balaban J connectivity index is 1.22. The van der Waals surface area contributed by atoms with E-state index in [0.717, 1.165) is 42.6 Å². The number of benzene rings is 1. The molecular weight excluding hydrogens is 441 g/mol. The fraction of sp³-hybridized carbons (Fsp3) is 0.458. The van der Waals surface area contributed by atoms with Crippen LogP contribution in [0.5, 0.6) is 0 Å². The van der Waals surface area contributed by atoms with E-state index in [0.29, 0.717) is 30.6 Å². The van der Waals surface area contributed by atoms with Crippen LogP contribution in [0.25, 0.3) is 11.6 Å². The van der Waals surface area contributed by atoms with E-state index in [9.17, 15) is 9.18 Å². The van der Waals surface area contributed by atoms with Crippen LogP contribution in [0.4, 0.5) is 10.1 Å². The Morgan fingerprint density at radius 2 is 1.79 bits per heavy atom. The average Bonchev–Trinajstić information content (AvgIpc) is 3.54. The standard InChI is InChI=1S/C24H28FN5O2S/c25-18-8-10-19(11-9-18)28-12-14-29(15-13-28)22(31)17-33-24-27-26-23(21-7-4-16-32-21)30(24)20-5-2-1-3-6-20/h4,7-11,16,20H,1-3,5-6,12-15,17H2. The van der Waals surface area contributed by atoms with Gasteiger partial charge in [0, 0.05) is 37.9 Å². The molecule has 3 aromatic rings. The molecule has 2 aliphatic rings. The minimum Gasteiger partial charge on any atom is -0.461 e. The van der Waals surface area contributed by atoms with Crippen LogP contribution < -0.4 is 4.90 Å². The SMILES string of the molecule is O=C(CSc1nnc(-c2ccco2)n1C1CCCCC1)N1CCN(c2ccc(F)cc2)CC1. The molecule has 0 N–H and O–H groups in total. The average molecular weight is 470 g/mol. The van der Waals surface area contributed by atoms with Crippen molar-refractivity contribution >= 4 is 23.4 Å². The zero-order chi connectivity index (χ0) is 22.6. The summed E-state index contributed by atoms with van der Waals surface area (Å²) in [5.41, 5.74) is 0.990. The van der Waals surface area contributed by atoms with E-state index in [2.05, 4.69) is 19.7 Å². The molecule has 1 aromatic carbocycles. The van der Waals surface area contributed by atoms with Gasteiger partial charge in [0.15, 0.2) is 10.9 Å². The molecule has 1 saturated carbocycles. The van der Waals surface area contributed by atoms with Crippen LogP contribution in [0.15, 0.2) is 52.2 Å². The van der Waals surface area contributed by atoms with E-state index in [1.807, 2.05) is 17.0 Å². The van der Waals surface area contributed by atoms with Gasteiger partial charge >= 0.3 is 0 Å². The summed E-state index contributed by atoms with van der Waals surface area (Å²) in [5, 5.41) is 9.63. The van der Waals surface area contributed by atoms with Crippen LogP contribution >= 0.6 is 11.8 Å². The minimum absolute atomic E-state index is 0.108. The van der Waals surface area contributed by atoms with Gasteiger partial charge in [-0.15, -0.1) is 10.2 Å². The lowest BCUT2D eigenvalue weighted by molar-refractivity contribution is -0.128. The Hall–Kier alpha value is -2.81. The van der Waals surface area contributed by atoms with E-state index in [1.165, 1.54) is 43.2 Å². The van der Waals surface area contributed by atoms with Gasteiger partial charge in [0.25, 0.3) is 0 Å². The van der Waals surface area contributed by atoms with E-state index < -0.39 is 0 Å². The monoisotopic (exact) mass is 469 g/mol. The number of hydrogen-bond donors (Lipinski definition) is 0. The van der Waals surface area contributed by atoms with Gasteiger partial charge in [-0.2, -0.15) is 0 Å². The molecule has 2 aromatic heterocycles. The molecule has 5 rings (SSSR count).